The van der Waals surface area contributed by atoms with Gasteiger partial charge in [0.15, 0.2) is 0 Å². The molecule has 0 aliphatic carbocycles. The molecule has 6 heteroatoms. The van der Waals surface area contributed by atoms with Gasteiger partial charge in [0.25, 0.3) is 5.91 Å². The maximum atomic E-state index is 12.3. The zero-order chi connectivity index (χ0) is 14.7. The molecule has 0 atom stereocenters. The molecular formula is C14H12BrClN2O2. The van der Waals surface area contributed by atoms with Gasteiger partial charge >= 0.3 is 0 Å². The Labute approximate surface area is 130 Å². The monoisotopic (exact) mass is 354 g/mol. The molecule has 0 spiro atoms. The lowest BCUT2D eigenvalue weighted by molar-refractivity contribution is 0.102. The first-order chi connectivity index (χ1) is 9.52. The molecule has 0 heterocycles. The summed E-state index contributed by atoms with van der Waals surface area (Å²) in [6, 6.07) is 10.2. The summed E-state index contributed by atoms with van der Waals surface area (Å²) in [4.78, 5) is 12.3. The Morgan fingerprint density at radius 2 is 2.10 bits per heavy atom. The Balaban J connectivity index is 2.35. The minimum atomic E-state index is -0.385. The van der Waals surface area contributed by atoms with Crippen molar-refractivity contribution >= 4 is 44.8 Å². The maximum absolute atomic E-state index is 12.3. The molecule has 0 aliphatic rings. The van der Waals surface area contributed by atoms with Crippen LogP contribution in [0.5, 0.6) is 5.75 Å². The number of amides is 1. The first kappa shape index (κ1) is 14.7. The van der Waals surface area contributed by atoms with E-state index in [2.05, 4.69) is 21.2 Å². The SMILES string of the molecule is COc1ccc(Br)cc1NC(=O)c1c(N)cccc1Cl. The second-order valence-corrected chi connectivity index (χ2v) is 5.33. The van der Waals surface area contributed by atoms with Crippen LogP contribution in [0.25, 0.3) is 0 Å². The standard InChI is InChI=1S/C14H12BrClN2O2/c1-20-12-6-5-8(15)7-11(12)18-14(19)13-9(16)3-2-4-10(13)17/h2-7H,17H2,1H3,(H,18,19). The fraction of sp³-hybridized carbons (Fsp3) is 0.0714. The van der Waals surface area contributed by atoms with Gasteiger partial charge in [-0.3, -0.25) is 4.79 Å². The van der Waals surface area contributed by atoms with Crippen molar-refractivity contribution in [2.75, 3.05) is 18.2 Å². The number of carbonyl (C=O) groups excluding carboxylic acids is 1. The van der Waals surface area contributed by atoms with Gasteiger partial charge in [0.1, 0.15) is 5.75 Å². The number of nitrogens with one attached hydrogen (secondary N) is 1. The first-order valence-electron chi connectivity index (χ1n) is 5.72. The zero-order valence-corrected chi connectivity index (χ0v) is 13.0. The Kier molecular flexibility index (Phi) is 4.52. The number of ether oxygens (including phenoxy) is 1. The summed E-state index contributed by atoms with van der Waals surface area (Å²) in [6.07, 6.45) is 0. The molecule has 0 aliphatic heterocycles. The van der Waals surface area contributed by atoms with Crippen molar-refractivity contribution in [1.29, 1.82) is 0 Å². The lowest BCUT2D eigenvalue weighted by Gasteiger charge is -2.12. The fourth-order valence-electron chi connectivity index (χ4n) is 1.74. The van der Waals surface area contributed by atoms with Gasteiger partial charge in [0, 0.05) is 10.2 Å². The van der Waals surface area contributed by atoms with E-state index in [9.17, 15) is 4.79 Å². The van der Waals surface area contributed by atoms with Crippen molar-refractivity contribution in [2.45, 2.75) is 0 Å². The van der Waals surface area contributed by atoms with Gasteiger partial charge in [-0.05, 0) is 30.3 Å². The van der Waals surface area contributed by atoms with Crippen LogP contribution in [0.1, 0.15) is 10.4 Å². The topological polar surface area (TPSA) is 64.3 Å². The van der Waals surface area contributed by atoms with E-state index in [1.165, 1.54) is 7.11 Å². The van der Waals surface area contributed by atoms with Crippen molar-refractivity contribution in [2.24, 2.45) is 0 Å². The van der Waals surface area contributed by atoms with Crippen molar-refractivity contribution < 1.29 is 9.53 Å². The van der Waals surface area contributed by atoms with Crippen molar-refractivity contribution in [3.63, 3.8) is 0 Å². The molecule has 3 N–H and O–H groups in total. The summed E-state index contributed by atoms with van der Waals surface area (Å²) in [5.74, 6) is 0.164. The molecule has 4 nitrogen and oxygen atoms in total. The summed E-state index contributed by atoms with van der Waals surface area (Å²) in [7, 11) is 1.53. The molecule has 0 saturated carbocycles. The number of nitrogen functional groups attached to an aromatic ring is 1. The lowest BCUT2D eigenvalue weighted by atomic mass is 10.1. The minimum Gasteiger partial charge on any atom is -0.495 e. The van der Waals surface area contributed by atoms with E-state index >= 15 is 0 Å². The number of methoxy groups -OCH3 is 1. The van der Waals surface area contributed by atoms with Gasteiger partial charge in [0.05, 0.1) is 23.4 Å². The zero-order valence-electron chi connectivity index (χ0n) is 10.6. The molecular weight excluding hydrogens is 344 g/mol. The average Bonchev–Trinajstić information content (AvgIpc) is 2.38. The molecule has 20 heavy (non-hydrogen) atoms. The minimum absolute atomic E-state index is 0.246. The predicted molar refractivity (Wildman–Crippen MR) is 84.5 cm³/mol. The van der Waals surface area contributed by atoms with Gasteiger partial charge in [-0.25, -0.2) is 0 Å². The van der Waals surface area contributed by atoms with Crippen LogP contribution >= 0.6 is 27.5 Å². The molecule has 2 aromatic carbocycles. The maximum Gasteiger partial charge on any atom is 0.259 e. The summed E-state index contributed by atoms with van der Waals surface area (Å²) in [6.45, 7) is 0. The van der Waals surface area contributed by atoms with Crippen LogP contribution in [-0.4, -0.2) is 13.0 Å². The van der Waals surface area contributed by atoms with Crippen LogP contribution in [0.4, 0.5) is 11.4 Å². The van der Waals surface area contributed by atoms with Crippen molar-refractivity contribution in [3.05, 3.63) is 51.5 Å². The fourth-order valence-corrected chi connectivity index (χ4v) is 2.37. The number of rotatable bonds is 3. The summed E-state index contributed by atoms with van der Waals surface area (Å²) < 4.78 is 6.02. The average molecular weight is 356 g/mol. The van der Waals surface area contributed by atoms with Crippen LogP contribution in [0.15, 0.2) is 40.9 Å². The largest absolute Gasteiger partial charge is 0.495 e. The number of hydrogen-bond acceptors (Lipinski definition) is 3. The number of anilines is 2. The van der Waals surface area contributed by atoms with Gasteiger partial charge in [-0.1, -0.05) is 33.6 Å². The molecule has 2 rings (SSSR count). The molecule has 0 radical (unpaired) electrons. The number of carbonyl (C=O) groups is 1. The van der Waals surface area contributed by atoms with E-state index in [0.29, 0.717) is 22.1 Å². The Hall–Kier alpha value is -1.72. The van der Waals surface area contributed by atoms with Gasteiger partial charge in [-0.2, -0.15) is 0 Å². The van der Waals surface area contributed by atoms with Crippen LogP contribution < -0.4 is 15.8 Å². The molecule has 104 valence electrons. The van der Waals surface area contributed by atoms with E-state index in [4.69, 9.17) is 22.1 Å². The Morgan fingerprint density at radius 1 is 1.35 bits per heavy atom. The number of benzene rings is 2. The number of hydrogen-bond donors (Lipinski definition) is 2. The van der Waals surface area contributed by atoms with E-state index in [0.717, 1.165) is 4.47 Å². The molecule has 0 unspecified atom stereocenters. The highest BCUT2D eigenvalue weighted by Crippen LogP contribution is 2.30. The molecule has 2 aromatic rings. The number of nitrogens with two attached hydrogens (primary N) is 1. The highest BCUT2D eigenvalue weighted by atomic mass is 79.9. The molecule has 1 amide bonds. The van der Waals surface area contributed by atoms with Crippen LogP contribution in [0.2, 0.25) is 5.02 Å². The highest BCUT2D eigenvalue weighted by Gasteiger charge is 2.16. The third kappa shape index (κ3) is 3.05. The highest BCUT2D eigenvalue weighted by molar-refractivity contribution is 9.10. The van der Waals surface area contributed by atoms with E-state index in [1.807, 2.05) is 6.07 Å². The smallest absolute Gasteiger partial charge is 0.259 e. The lowest BCUT2D eigenvalue weighted by Crippen LogP contribution is -2.15. The van der Waals surface area contributed by atoms with E-state index in [1.54, 1.807) is 30.3 Å². The van der Waals surface area contributed by atoms with Gasteiger partial charge in [-0.15, -0.1) is 0 Å². The Bertz CT molecular complexity index is 641. The van der Waals surface area contributed by atoms with Gasteiger partial charge < -0.3 is 15.8 Å². The Morgan fingerprint density at radius 3 is 2.75 bits per heavy atom. The molecule has 0 fully saturated rings. The second-order valence-electron chi connectivity index (χ2n) is 4.00. The quantitative estimate of drug-likeness (QED) is 0.820. The normalized spacial score (nSPS) is 10.2. The third-order valence-corrected chi connectivity index (χ3v) is 3.49. The van der Waals surface area contributed by atoms with Crippen LogP contribution in [0, 0.1) is 0 Å². The molecule has 0 aromatic heterocycles. The van der Waals surface area contributed by atoms with Crippen LogP contribution in [-0.2, 0) is 0 Å². The predicted octanol–water partition coefficient (Wildman–Crippen LogP) is 3.95. The van der Waals surface area contributed by atoms with Crippen molar-refractivity contribution in [1.82, 2.24) is 0 Å². The first-order valence-corrected chi connectivity index (χ1v) is 6.89. The summed E-state index contributed by atoms with van der Waals surface area (Å²) >= 11 is 9.36. The van der Waals surface area contributed by atoms with E-state index in [-0.39, 0.29) is 11.5 Å². The summed E-state index contributed by atoms with van der Waals surface area (Å²) in [5.41, 5.74) is 6.89. The van der Waals surface area contributed by atoms with Crippen molar-refractivity contribution in [3.8, 4) is 5.75 Å². The van der Waals surface area contributed by atoms with Gasteiger partial charge in [0.2, 0.25) is 0 Å². The number of halogens is 2. The van der Waals surface area contributed by atoms with E-state index < -0.39 is 0 Å². The molecule has 0 saturated heterocycles. The third-order valence-electron chi connectivity index (χ3n) is 2.68. The second kappa shape index (κ2) is 6.15. The van der Waals surface area contributed by atoms with Crippen LogP contribution in [0.3, 0.4) is 0 Å². The molecule has 0 bridgehead atoms. The summed E-state index contributed by atoms with van der Waals surface area (Å²) in [5, 5.41) is 3.04.